The number of aromatic nitrogens is 1. The summed E-state index contributed by atoms with van der Waals surface area (Å²) in [7, 11) is 0. The average molecular weight is 314 g/mol. The Morgan fingerprint density at radius 2 is 2.12 bits per heavy atom. The maximum atomic E-state index is 11.7. The molecule has 0 saturated heterocycles. The summed E-state index contributed by atoms with van der Waals surface area (Å²) in [5, 5.41) is 0.929. The van der Waals surface area contributed by atoms with E-state index < -0.39 is 0 Å². The van der Waals surface area contributed by atoms with Crippen molar-refractivity contribution in [2.45, 2.75) is 6.92 Å². The monoisotopic (exact) mass is 313 g/mol. The summed E-state index contributed by atoms with van der Waals surface area (Å²) in [6.45, 7) is 1.33. The molecule has 17 heavy (non-hydrogen) atoms. The van der Waals surface area contributed by atoms with Crippen LogP contribution < -0.4 is 10.9 Å². The summed E-state index contributed by atoms with van der Waals surface area (Å²) in [6, 6.07) is 1.75. The molecular formula is C10H8BrN3O2S. The van der Waals surface area contributed by atoms with Crippen LogP contribution in [-0.2, 0) is 4.79 Å². The lowest BCUT2D eigenvalue weighted by Gasteiger charge is -2.01. The van der Waals surface area contributed by atoms with Crippen LogP contribution in [0.4, 0.5) is 0 Å². The van der Waals surface area contributed by atoms with Gasteiger partial charge < -0.3 is 0 Å². The molecule has 2 amide bonds. The molecule has 0 radical (unpaired) electrons. The third-order valence-corrected chi connectivity index (χ3v) is 3.67. The van der Waals surface area contributed by atoms with Crippen molar-refractivity contribution in [2.75, 3.05) is 0 Å². The fourth-order valence-corrected chi connectivity index (χ4v) is 2.77. The van der Waals surface area contributed by atoms with Gasteiger partial charge in [-0.3, -0.25) is 25.4 Å². The van der Waals surface area contributed by atoms with Gasteiger partial charge in [0.15, 0.2) is 0 Å². The first-order chi connectivity index (χ1) is 8.08. The molecule has 0 aromatic carbocycles. The van der Waals surface area contributed by atoms with Crippen molar-refractivity contribution < 1.29 is 9.59 Å². The first-order valence-electron chi connectivity index (χ1n) is 4.68. The molecule has 0 aliphatic carbocycles. The number of fused-ring (bicyclic) bond motifs is 1. The van der Waals surface area contributed by atoms with E-state index in [4.69, 9.17) is 0 Å². The number of halogens is 1. The lowest BCUT2D eigenvalue weighted by molar-refractivity contribution is -0.119. The van der Waals surface area contributed by atoms with Crippen molar-refractivity contribution >= 4 is 49.2 Å². The summed E-state index contributed by atoms with van der Waals surface area (Å²) in [5.41, 5.74) is 4.56. The zero-order valence-corrected chi connectivity index (χ0v) is 11.2. The van der Waals surface area contributed by atoms with Crippen molar-refractivity contribution in [3.63, 3.8) is 0 Å². The van der Waals surface area contributed by atoms with Gasteiger partial charge >= 0.3 is 0 Å². The van der Waals surface area contributed by atoms with E-state index in [0.717, 1.165) is 14.6 Å². The van der Waals surface area contributed by atoms with Crippen LogP contribution in [0.5, 0.6) is 0 Å². The van der Waals surface area contributed by atoms with Crippen LogP contribution in [0.3, 0.4) is 0 Å². The van der Waals surface area contributed by atoms with Gasteiger partial charge in [-0.1, -0.05) is 0 Å². The maximum Gasteiger partial charge on any atom is 0.279 e. The average Bonchev–Trinajstić information content (AvgIpc) is 2.71. The van der Waals surface area contributed by atoms with Gasteiger partial charge in [-0.15, -0.1) is 11.3 Å². The van der Waals surface area contributed by atoms with Gasteiger partial charge in [0.2, 0.25) is 5.91 Å². The molecule has 0 aliphatic rings. The molecule has 0 bridgehead atoms. The number of nitrogens with zero attached hydrogens (tertiary/aromatic N) is 1. The first-order valence-corrected chi connectivity index (χ1v) is 6.29. The second-order valence-corrected chi connectivity index (χ2v) is 5.22. The summed E-state index contributed by atoms with van der Waals surface area (Å²) in [4.78, 5) is 26.9. The summed E-state index contributed by atoms with van der Waals surface area (Å²) in [6.07, 6.45) is 3.37. The van der Waals surface area contributed by atoms with Gasteiger partial charge in [0, 0.05) is 29.2 Å². The normalized spacial score (nSPS) is 10.2. The van der Waals surface area contributed by atoms with E-state index in [2.05, 4.69) is 31.8 Å². The lowest BCUT2D eigenvalue weighted by atomic mass is 10.3. The highest BCUT2D eigenvalue weighted by molar-refractivity contribution is 9.10. The molecule has 2 aromatic heterocycles. The summed E-state index contributed by atoms with van der Waals surface area (Å²) >= 11 is 4.68. The fraction of sp³-hybridized carbons (Fsp3) is 0.100. The number of pyridine rings is 1. The highest BCUT2D eigenvalue weighted by Gasteiger charge is 2.11. The lowest BCUT2D eigenvalue weighted by Crippen LogP contribution is -2.39. The Balaban J connectivity index is 2.27. The predicted molar refractivity (Wildman–Crippen MR) is 68.6 cm³/mol. The Kier molecular flexibility index (Phi) is 3.39. The number of carbonyl (C=O) groups is 2. The Morgan fingerprint density at radius 1 is 1.35 bits per heavy atom. The van der Waals surface area contributed by atoms with Crippen LogP contribution in [0.2, 0.25) is 0 Å². The Morgan fingerprint density at radius 3 is 2.76 bits per heavy atom. The molecule has 0 fully saturated rings. The van der Waals surface area contributed by atoms with Crippen LogP contribution in [0, 0.1) is 0 Å². The highest BCUT2D eigenvalue weighted by Crippen LogP contribution is 2.30. The quantitative estimate of drug-likeness (QED) is 0.789. The van der Waals surface area contributed by atoms with E-state index in [0.29, 0.717) is 4.88 Å². The molecule has 0 saturated carbocycles. The largest absolute Gasteiger partial charge is 0.279 e. The van der Waals surface area contributed by atoms with Crippen molar-refractivity contribution in [2.24, 2.45) is 0 Å². The molecule has 0 unspecified atom stereocenters. The number of hydrogen-bond donors (Lipinski definition) is 2. The Labute approximate surface area is 109 Å². The molecule has 2 rings (SSSR count). The van der Waals surface area contributed by atoms with Crippen LogP contribution in [0.15, 0.2) is 22.9 Å². The van der Waals surface area contributed by atoms with Crippen molar-refractivity contribution in [1.29, 1.82) is 0 Å². The van der Waals surface area contributed by atoms with Gasteiger partial charge in [0.25, 0.3) is 5.91 Å². The third-order valence-electron chi connectivity index (χ3n) is 1.97. The molecule has 0 atom stereocenters. The van der Waals surface area contributed by atoms with Crippen molar-refractivity contribution in [1.82, 2.24) is 15.8 Å². The Hall–Kier alpha value is -1.47. The highest BCUT2D eigenvalue weighted by atomic mass is 79.9. The van der Waals surface area contributed by atoms with E-state index in [1.54, 1.807) is 18.5 Å². The smallest absolute Gasteiger partial charge is 0.274 e. The number of thiophene rings is 1. The number of amides is 2. The van der Waals surface area contributed by atoms with E-state index in [1.807, 2.05) is 0 Å². The topological polar surface area (TPSA) is 71.1 Å². The predicted octanol–water partition coefficient (Wildman–Crippen LogP) is 1.84. The molecule has 2 heterocycles. The summed E-state index contributed by atoms with van der Waals surface area (Å²) < 4.78 is 1.75. The van der Waals surface area contributed by atoms with E-state index in [-0.39, 0.29) is 11.8 Å². The molecule has 5 nitrogen and oxygen atoms in total. The van der Waals surface area contributed by atoms with Gasteiger partial charge in [-0.25, -0.2) is 0 Å². The van der Waals surface area contributed by atoms with Crippen LogP contribution in [0.25, 0.3) is 10.1 Å². The van der Waals surface area contributed by atoms with Crippen LogP contribution in [-0.4, -0.2) is 16.8 Å². The molecule has 0 aliphatic heterocycles. The van der Waals surface area contributed by atoms with Crippen LogP contribution in [0.1, 0.15) is 16.6 Å². The molecule has 2 aromatic rings. The van der Waals surface area contributed by atoms with E-state index >= 15 is 0 Å². The van der Waals surface area contributed by atoms with Gasteiger partial charge in [-0.05, 0) is 22.0 Å². The number of hydrogen-bond acceptors (Lipinski definition) is 4. The number of hydrazine groups is 1. The minimum absolute atomic E-state index is 0.317. The molecule has 0 spiro atoms. The number of carbonyl (C=O) groups excluding carboxylic acids is 2. The molecular weight excluding hydrogens is 306 g/mol. The molecule has 7 heteroatoms. The molecule has 2 N–H and O–H groups in total. The van der Waals surface area contributed by atoms with Crippen molar-refractivity contribution in [3.8, 4) is 0 Å². The van der Waals surface area contributed by atoms with E-state index in [1.165, 1.54) is 18.3 Å². The van der Waals surface area contributed by atoms with Crippen LogP contribution >= 0.6 is 27.3 Å². The second-order valence-electron chi connectivity index (χ2n) is 3.28. The third kappa shape index (κ3) is 2.62. The molecule has 88 valence electrons. The summed E-state index contributed by atoms with van der Waals surface area (Å²) in [5.74, 6) is -0.657. The van der Waals surface area contributed by atoms with Gasteiger partial charge in [-0.2, -0.15) is 0 Å². The van der Waals surface area contributed by atoms with E-state index in [9.17, 15) is 9.59 Å². The standard InChI is InChI=1S/C10H8BrN3O2S/c1-5(15)13-14-10(16)8-2-6-7(11)3-12-4-9(6)17-8/h2-4H,1H3,(H,13,15)(H,14,16). The minimum atomic E-state index is -0.340. The fourth-order valence-electron chi connectivity index (χ4n) is 1.25. The minimum Gasteiger partial charge on any atom is -0.274 e. The Bertz CT molecular complexity index is 596. The number of rotatable bonds is 1. The van der Waals surface area contributed by atoms with Gasteiger partial charge in [0.1, 0.15) is 0 Å². The first kappa shape index (κ1) is 12.0. The maximum absolute atomic E-state index is 11.7. The second kappa shape index (κ2) is 4.80. The SMILES string of the molecule is CC(=O)NNC(=O)c1cc2c(Br)cncc2s1. The number of nitrogens with one attached hydrogen (secondary N) is 2. The van der Waals surface area contributed by atoms with Gasteiger partial charge in [0.05, 0.1) is 9.58 Å². The zero-order valence-electron chi connectivity index (χ0n) is 8.78. The zero-order chi connectivity index (χ0) is 12.4. The van der Waals surface area contributed by atoms with Crippen molar-refractivity contribution in [3.05, 3.63) is 27.8 Å².